The predicted molar refractivity (Wildman–Crippen MR) is 137 cm³/mol. The van der Waals surface area contributed by atoms with Gasteiger partial charge in [-0.3, -0.25) is 4.79 Å². The average Bonchev–Trinajstić information content (AvgIpc) is 3.40. The summed E-state index contributed by atoms with van der Waals surface area (Å²) >= 11 is 2.82. The topological polar surface area (TPSA) is 111 Å². The molecule has 8 nitrogen and oxygen atoms in total. The first-order valence-corrected chi connectivity index (χ1v) is 12.9. The summed E-state index contributed by atoms with van der Waals surface area (Å²) in [5.74, 6) is 0.635. The lowest BCUT2D eigenvalue weighted by atomic mass is 9.86. The zero-order valence-corrected chi connectivity index (χ0v) is 21.5. The quantitative estimate of drug-likeness (QED) is 0.346. The molecule has 1 fully saturated rings. The average molecular weight is 502 g/mol. The molecule has 34 heavy (non-hydrogen) atoms. The number of β-amino-alcohol motifs (C(OH)–C–C–N with tert-alkyl or cyclic N) is 1. The van der Waals surface area contributed by atoms with Crippen LogP contribution in [0.2, 0.25) is 0 Å². The Morgan fingerprint density at radius 3 is 2.65 bits per heavy atom. The van der Waals surface area contributed by atoms with Crippen molar-refractivity contribution in [3.8, 4) is 5.75 Å². The Kier molecular flexibility index (Phi) is 7.11. The highest BCUT2D eigenvalue weighted by Crippen LogP contribution is 2.41. The van der Waals surface area contributed by atoms with Crippen LogP contribution in [0, 0.1) is 12.3 Å². The maximum Gasteiger partial charge on any atom is 0.257 e. The van der Waals surface area contributed by atoms with Crippen LogP contribution < -0.4 is 10.6 Å². The van der Waals surface area contributed by atoms with E-state index in [1.165, 1.54) is 9.75 Å². The number of aromatic hydroxyl groups is 1. The molecular weight excluding hydrogens is 470 g/mol. The molecule has 4 N–H and O–H groups in total. The number of para-hydroxylation sites is 1. The molecule has 1 aliphatic heterocycles. The van der Waals surface area contributed by atoms with E-state index in [9.17, 15) is 15.0 Å². The van der Waals surface area contributed by atoms with Gasteiger partial charge in [0.1, 0.15) is 0 Å². The first-order chi connectivity index (χ1) is 16.1. The number of nitrogens with one attached hydrogen (secondary N) is 2. The molecule has 0 saturated carbocycles. The zero-order valence-electron chi connectivity index (χ0n) is 19.8. The van der Waals surface area contributed by atoms with E-state index in [2.05, 4.69) is 59.2 Å². The molecule has 2 aromatic heterocycles. The summed E-state index contributed by atoms with van der Waals surface area (Å²) in [4.78, 5) is 17.0. The van der Waals surface area contributed by atoms with Crippen molar-refractivity contribution in [3.63, 3.8) is 0 Å². The first-order valence-electron chi connectivity index (χ1n) is 11.3. The molecule has 1 saturated heterocycles. The Hall–Kier alpha value is -2.69. The first kappa shape index (κ1) is 24.4. The van der Waals surface area contributed by atoms with Crippen LogP contribution in [0.15, 0.2) is 30.3 Å². The van der Waals surface area contributed by atoms with Gasteiger partial charge in [0, 0.05) is 22.8 Å². The third-order valence-corrected chi connectivity index (χ3v) is 7.48. The summed E-state index contributed by atoms with van der Waals surface area (Å²) in [6, 6.07) is 9.27. The van der Waals surface area contributed by atoms with Crippen LogP contribution in [-0.2, 0) is 0 Å². The zero-order chi connectivity index (χ0) is 24.5. The molecule has 182 valence electrons. The van der Waals surface area contributed by atoms with Gasteiger partial charge in [-0.2, -0.15) is 8.75 Å². The highest BCUT2D eigenvalue weighted by Gasteiger charge is 2.30. The molecular formula is C24H31N5O3S2. The summed E-state index contributed by atoms with van der Waals surface area (Å²) in [5, 5.41) is 27.5. The second-order valence-corrected chi connectivity index (χ2v) is 11.6. The largest absolute Gasteiger partial charge is 0.505 e. The highest BCUT2D eigenvalue weighted by molar-refractivity contribution is 7.12. The van der Waals surface area contributed by atoms with Gasteiger partial charge in [0.05, 0.1) is 35.1 Å². The number of thiophene rings is 1. The molecule has 2 atom stereocenters. The van der Waals surface area contributed by atoms with Gasteiger partial charge in [-0.05, 0) is 49.4 Å². The second-order valence-electron chi connectivity index (χ2n) is 9.73. The minimum Gasteiger partial charge on any atom is -0.505 e. The van der Waals surface area contributed by atoms with Crippen LogP contribution >= 0.6 is 23.1 Å². The summed E-state index contributed by atoms with van der Waals surface area (Å²) in [6.07, 6.45) is 0.896. The van der Waals surface area contributed by atoms with Crippen molar-refractivity contribution in [3.05, 3.63) is 45.6 Å². The Balaban J connectivity index is 1.56. The molecule has 1 unspecified atom stereocenters. The number of aryl methyl sites for hydroxylation is 1. The molecule has 1 aromatic carbocycles. The molecule has 0 radical (unpaired) electrons. The Labute approximate surface area is 208 Å². The lowest BCUT2D eigenvalue weighted by Crippen LogP contribution is -2.42. The van der Waals surface area contributed by atoms with Gasteiger partial charge in [-0.15, -0.1) is 11.3 Å². The van der Waals surface area contributed by atoms with E-state index < -0.39 is 6.10 Å². The van der Waals surface area contributed by atoms with Crippen LogP contribution in [0.1, 0.15) is 59.8 Å². The Morgan fingerprint density at radius 1 is 1.21 bits per heavy atom. The van der Waals surface area contributed by atoms with Gasteiger partial charge in [0.15, 0.2) is 17.4 Å². The van der Waals surface area contributed by atoms with Gasteiger partial charge in [0.25, 0.3) is 5.91 Å². The number of phenolic OH excluding ortho intramolecular Hbond substituents is 1. The van der Waals surface area contributed by atoms with Gasteiger partial charge in [0.2, 0.25) is 0 Å². The van der Waals surface area contributed by atoms with Crippen LogP contribution in [-0.4, -0.2) is 49.0 Å². The molecule has 3 heterocycles. The molecule has 1 aliphatic rings. The van der Waals surface area contributed by atoms with E-state index in [4.69, 9.17) is 0 Å². The summed E-state index contributed by atoms with van der Waals surface area (Å²) in [5.41, 5.74) is 0.489. The van der Waals surface area contributed by atoms with E-state index in [1.54, 1.807) is 34.4 Å². The normalized spacial score (nSPS) is 17.4. The van der Waals surface area contributed by atoms with Crippen LogP contribution in [0.25, 0.3) is 0 Å². The van der Waals surface area contributed by atoms with Crippen molar-refractivity contribution in [2.75, 3.05) is 23.7 Å². The minimum absolute atomic E-state index is 0.0164. The standard InChI is InChI=1S/C24H31N5O3S2/c1-14-10-11-18(33-14)20(24(2,3)4)26-22-21(27-34-28-22)25-17-9-5-8-16(19(17)31)23(32)29-12-6-7-15(30)13-29/h5,8-11,15,20,30-31H,6-7,12-13H2,1-4H3,(H,25,27)(H,26,28)/t15?,20-/m0/s1. The number of hydrogen-bond donors (Lipinski definition) is 4. The van der Waals surface area contributed by atoms with Crippen molar-refractivity contribution < 1.29 is 15.0 Å². The van der Waals surface area contributed by atoms with Crippen molar-refractivity contribution in [1.29, 1.82) is 0 Å². The molecule has 0 bridgehead atoms. The van der Waals surface area contributed by atoms with E-state index in [0.29, 0.717) is 30.3 Å². The third kappa shape index (κ3) is 5.34. The SMILES string of the molecule is Cc1ccc([C@H](Nc2nsnc2Nc2cccc(C(=O)N3CCCC(O)C3)c2O)C(C)(C)C)s1. The number of phenols is 1. The molecule has 10 heteroatoms. The van der Waals surface area contributed by atoms with Crippen molar-refractivity contribution >= 4 is 46.3 Å². The maximum absolute atomic E-state index is 13.0. The minimum atomic E-state index is -0.529. The molecule has 0 spiro atoms. The number of anilines is 3. The fourth-order valence-corrected chi connectivity index (χ4v) is 5.73. The van der Waals surface area contributed by atoms with Crippen LogP contribution in [0.4, 0.5) is 17.3 Å². The van der Waals surface area contributed by atoms with Crippen molar-refractivity contribution in [1.82, 2.24) is 13.6 Å². The van der Waals surface area contributed by atoms with E-state index in [0.717, 1.165) is 18.1 Å². The number of rotatable bonds is 6. The molecule has 4 rings (SSSR count). The summed E-state index contributed by atoms with van der Waals surface area (Å²) in [7, 11) is 0. The summed E-state index contributed by atoms with van der Waals surface area (Å²) < 4.78 is 8.83. The Bertz CT molecular complexity index is 1150. The van der Waals surface area contributed by atoms with Gasteiger partial charge < -0.3 is 25.7 Å². The number of hydrogen-bond acceptors (Lipinski definition) is 9. The van der Waals surface area contributed by atoms with E-state index >= 15 is 0 Å². The summed E-state index contributed by atoms with van der Waals surface area (Å²) in [6.45, 7) is 9.44. The Morgan fingerprint density at radius 2 is 1.97 bits per heavy atom. The van der Waals surface area contributed by atoms with E-state index in [-0.39, 0.29) is 35.2 Å². The van der Waals surface area contributed by atoms with Crippen molar-refractivity contribution in [2.24, 2.45) is 5.41 Å². The number of nitrogens with zero attached hydrogens (tertiary/aromatic N) is 3. The monoisotopic (exact) mass is 501 g/mol. The number of likely N-dealkylation sites (tertiary alicyclic amines) is 1. The number of carbonyl (C=O) groups is 1. The van der Waals surface area contributed by atoms with Crippen molar-refractivity contribution in [2.45, 2.75) is 52.7 Å². The molecule has 3 aromatic rings. The lowest BCUT2D eigenvalue weighted by molar-refractivity contribution is 0.0471. The third-order valence-electron chi connectivity index (χ3n) is 5.88. The smallest absolute Gasteiger partial charge is 0.257 e. The van der Waals surface area contributed by atoms with Gasteiger partial charge in [-0.25, -0.2) is 0 Å². The predicted octanol–water partition coefficient (Wildman–Crippen LogP) is 5.15. The molecule has 0 aliphatic carbocycles. The van der Waals surface area contributed by atoms with Gasteiger partial charge in [-0.1, -0.05) is 26.8 Å². The highest BCUT2D eigenvalue weighted by atomic mass is 32.1. The van der Waals surface area contributed by atoms with Gasteiger partial charge >= 0.3 is 0 Å². The maximum atomic E-state index is 13.0. The number of piperidine rings is 1. The second kappa shape index (κ2) is 9.89. The number of amides is 1. The fraction of sp³-hybridized carbons (Fsp3) is 0.458. The fourth-order valence-electron chi connectivity index (χ4n) is 4.08. The number of benzene rings is 1. The number of aliphatic hydroxyl groups excluding tert-OH is 1. The number of aromatic nitrogens is 2. The molecule has 1 amide bonds. The number of aliphatic hydroxyl groups is 1. The van der Waals surface area contributed by atoms with E-state index in [1.807, 2.05) is 0 Å². The lowest BCUT2D eigenvalue weighted by Gasteiger charge is -2.31. The van der Waals surface area contributed by atoms with Crippen LogP contribution in [0.3, 0.4) is 0 Å². The van der Waals surface area contributed by atoms with Crippen LogP contribution in [0.5, 0.6) is 5.75 Å². The number of carbonyl (C=O) groups excluding carboxylic acids is 1.